The predicted molar refractivity (Wildman–Crippen MR) is 157 cm³/mol. The first kappa shape index (κ1) is 29.4. The Hall–Kier alpha value is -3.27. The number of sulfone groups is 1. The highest BCUT2D eigenvalue weighted by atomic mass is 32.2. The number of halogens is 3. The maximum atomic E-state index is 14.2. The molecule has 10 nitrogen and oxygen atoms in total. The van der Waals surface area contributed by atoms with Crippen molar-refractivity contribution in [3.8, 4) is 10.6 Å². The zero-order chi connectivity index (χ0) is 30.8. The number of benzene rings is 1. The highest BCUT2D eigenvalue weighted by Gasteiger charge is 2.41. The molecule has 7 rings (SSSR count). The Labute approximate surface area is 256 Å². The van der Waals surface area contributed by atoms with Crippen LogP contribution >= 0.6 is 11.3 Å². The Bertz CT molecular complexity index is 1720. The van der Waals surface area contributed by atoms with Gasteiger partial charge in [0.15, 0.2) is 9.84 Å². The number of hydrogen-bond acceptors (Lipinski definition) is 10. The second-order valence-corrected chi connectivity index (χ2v) is 14.7. The summed E-state index contributed by atoms with van der Waals surface area (Å²) in [6.45, 7) is 4.75. The fourth-order valence-electron chi connectivity index (χ4n) is 5.79. The number of nitrogens with zero attached hydrogens (tertiary/aromatic N) is 4. The van der Waals surface area contributed by atoms with Crippen LogP contribution in [0.25, 0.3) is 10.6 Å². The molecule has 15 heteroatoms. The Morgan fingerprint density at radius 1 is 1.14 bits per heavy atom. The summed E-state index contributed by atoms with van der Waals surface area (Å²) < 4.78 is 79.7. The first-order valence-corrected chi connectivity index (χ1v) is 16.9. The first-order valence-electron chi connectivity index (χ1n) is 14.5. The van der Waals surface area contributed by atoms with E-state index in [1.807, 2.05) is 19.1 Å². The van der Waals surface area contributed by atoms with Crippen LogP contribution in [0.5, 0.6) is 0 Å². The molecule has 0 bridgehead atoms. The molecule has 1 aliphatic carbocycles. The monoisotopic (exact) mass is 649 g/mol. The second kappa shape index (κ2) is 11.0. The van der Waals surface area contributed by atoms with Gasteiger partial charge in [0.2, 0.25) is 5.95 Å². The third kappa shape index (κ3) is 5.54. The van der Waals surface area contributed by atoms with Crippen molar-refractivity contribution in [2.75, 3.05) is 55.4 Å². The standard InChI is InChI=1S/C29H30F3N5O5S2/c1-16-13-36(6-8-42-16)18-4-5-22(20(10-18)17-2-3-17)34-28-33-12-21(29(30,31)32)25(35-28)23-11-24-26(43-23)27(38)37(19-14-41-15-19)7-9-44(24,39)40/h4-5,10-12,16-17,19H,2-3,6-9,13-15H2,1H3,(H,33,34,35)/t16-/m1/s1. The number of carbonyl (C=O) groups excluding carboxylic acids is 1. The molecule has 3 aromatic rings. The van der Waals surface area contributed by atoms with Gasteiger partial charge >= 0.3 is 6.18 Å². The number of nitrogens with one attached hydrogen (secondary N) is 1. The van der Waals surface area contributed by atoms with Gasteiger partial charge in [0.05, 0.1) is 53.2 Å². The molecule has 4 aliphatic rings. The molecule has 1 N–H and O–H groups in total. The predicted octanol–water partition coefficient (Wildman–Crippen LogP) is 4.70. The average molecular weight is 650 g/mol. The van der Waals surface area contributed by atoms with Crippen molar-refractivity contribution in [2.24, 2.45) is 0 Å². The zero-order valence-electron chi connectivity index (χ0n) is 23.8. The number of morpholine rings is 1. The Morgan fingerprint density at radius 2 is 1.93 bits per heavy atom. The molecule has 1 atom stereocenters. The third-order valence-corrected chi connectivity index (χ3v) is 11.4. The van der Waals surface area contributed by atoms with E-state index in [1.165, 1.54) is 4.90 Å². The van der Waals surface area contributed by atoms with Gasteiger partial charge in [0.25, 0.3) is 5.91 Å². The summed E-state index contributed by atoms with van der Waals surface area (Å²) in [4.78, 5) is 24.9. The summed E-state index contributed by atoms with van der Waals surface area (Å²) in [7, 11) is -3.93. The molecule has 2 aromatic heterocycles. The van der Waals surface area contributed by atoms with E-state index >= 15 is 0 Å². The quantitative estimate of drug-likeness (QED) is 0.406. The van der Waals surface area contributed by atoms with Crippen LogP contribution in [0.2, 0.25) is 0 Å². The van der Waals surface area contributed by atoms with Crippen molar-refractivity contribution in [2.45, 2.75) is 48.9 Å². The number of alkyl halides is 3. The second-order valence-electron chi connectivity index (χ2n) is 11.6. The highest BCUT2D eigenvalue weighted by molar-refractivity contribution is 7.91. The molecule has 0 spiro atoms. The molecule has 1 aromatic carbocycles. The van der Waals surface area contributed by atoms with E-state index in [0.29, 0.717) is 35.7 Å². The van der Waals surface area contributed by atoms with Gasteiger partial charge in [-0.15, -0.1) is 11.3 Å². The lowest BCUT2D eigenvalue weighted by atomic mass is 10.1. The lowest BCUT2D eigenvalue weighted by molar-refractivity contribution is -0.137. The molecule has 1 saturated carbocycles. The number of fused-ring (bicyclic) bond motifs is 1. The van der Waals surface area contributed by atoms with Crippen molar-refractivity contribution in [1.29, 1.82) is 0 Å². The topological polar surface area (TPSA) is 114 Å². The van der Waals surface area contributed by atoms with Crippen LogP contribution in [0.15, 0.2) is 35.4 Å². The molecule has 44 heavy (non-hydrogen) atoms. The van der Waals surface area contributed by atoms with Gasteiger partial charge in [-0.25, -0.2) is 18.4 Å². The van der Waals surface area contributed by atoms with E-state index in [4.69, 9.17) is 9.47 Å². The van der Waals surface area contributed by atoms with E-state index < -0.39 is 33.2 Å². The summed E-state index contributed by atoms with van der Waals surface area (Å²) >= 11 is 0.704. The molecule has 5 heterocycles. The van der Waals surface area contributed by atoms with E-state index in [2.05, 4.69) is 26.3 Å². The number of anilines is 3. The number of thiophene rings is 1. The van der Waals surface area contributed by atoms with Crippen molar-refractivity contribution >= 4 is 44.4 Å². The number of ether oxygens (including phenoxy) is 2. The number of hydrogen-bond donors (Lipinski definition) is 1. The minimum absolute atomic E-state index is 0.00597. The van der Waals surface area contributed by atoms with Crippen molar-refractivity contribution < 1.29 is 35.9 Å². The Balaban J connectivity index is 1.25. The Morgan fingerprint density at radius 3 is 2.61 bits per heavy atom. The maximum absolute atomic E-state index is 14.2. The summed E-state index contributed by atoms with van der Waals surface area (Å²) in [5, 5.41) is 3.12. The highest BCUT2D eigenvalue weighted by Crippen LogP contribution is 2.46. The van der Waals surface area contributed by atoms with Gasteiger partial charge in [-0.05, 0) is 55.5 Å². The van der Waals surface area contributed by atoms with Gasteiger partial charge in [0, 0.05) is 37.2 Å². The van der Waals surface area contributed by atoms with Gasteiger partial charge in [-0.3, -0.25) is 4.79 Å². The molecule has 0 radical (unpaired) electrons. The first-order chi connectivity index (χ1) is 21.0. The largest absolute Gasteiger partial charge is 0.420 e. The molecule has 1 amide bonds. The molecular formula is C29H30F3N5O5S2. The molecule has 3 fully saturated rings. The van der Waals surface area contributed by atoms with Gasteiger partial charge < -0.3 is 24.6 Å². The van der Waals surface area contributed by atoms with E-state index in [9.17, 15) is 26.4 Å². The third-order valence-electron chi connectivity index (χ3n) is 8.38. The number of carbonyl (C=O) groups is 1. The van der Waals surface area contributed by atoms with Crippen LogP contribution < -0.4 is 10.2 Å². The van der Waals surface area contributed by atoms with E-state index in [0.717, 1.165) is 43.2 Å². The van der Waals surface area contributed by atoms with Crippen LogP contribution in [-0.2, 0) is 25.5 Å². The summed E-state index contributed by atoms with van der Waals surface area (Å²) in [6.07, 6.45) is -2.00. The average Bonchev–Trinajstić information content (AvgIpc) is 3.71. The van der Waals surface area contributed by atoms with Crippen LogP contribution in [-0.4, -0.2) is 86.5 Å². The minimum Gasteiger partial charge on any atom is -0.377 e. The fourth-order valence-corrected chi connectivity index (χ4v) is 8.70. The molecule has 0 unspecified atom stereocenters. The zero-order valence-corrected chi connectivity index (χ0v) is 25.4. The van der Waals surface area contributed by atoms with Gasteiger partial charge in [-0.1, -0.05) is 0 Å². The lowest BCUT2D eigenvalue weighted by Gasteiger charge is -2.36. The molecule has 2 saturated heterocycles. The summed E-state index contributed by atoms with van der Waals surface area (Å²) in [5.74, 6) is -0.605. The van der Waals surface area contributed by atoms with Crippen LogP contribution in [0.3, 0.4) is 0 Å². The lowest BCUT2D eigenvalue weighted by Crippen LogP contribution is -2.52. The van der Waals surface area contributed by atoms with Crippen molar-refractivity contribution in [3.63, 3.8) is 0 Å². The van der Waals surface area contributed by atoms with Crippen LogP contribution in [0.4, 0.5) is 30.5 Å². The SMILES string of the molecule is C[C@@H]1CN(c2ccc(Nc3ncc(C(F)(F)F)c(-c4cc5c(s4)C(=O)N(C4COC4)CCS5(=O)=O)n3)c(C3CC3)c2)CCO1. The normalized spacial score (nSPS) is 22.4. The smallest absolute Gasteiger partial charge is 0.377 e. The Kier molecular flexibility index (Phi) is 7.34. The number of amides is 1. The number of aromatic nitrogens is 2. The van der Waals surface area contributed by atoms with Gasteiger partial charge in [-0.2, -0.15) is 13.2 Å². The molecule has 3 aliphatic heterocycles. The fraction of sp³-hybridized carbons (Fsp3) is 0.483. The minimum atomic E-state index is -4.82. The number of rotatable bonds is 6. The molecule has 234 valence electrons. The summed E-state index contributed by atoms with van der Waals surface area (Å²) in [6, 6.07) is 6.83. The maximum Gasteiger partial charge on any atom is 0.420 e. The van der Waals surface area contributed by atoms with Crippen LogP contribution in [0, 0.1) is 0 Å². The van der Waals surface area contributed by atoms with E-state index in [1.54, 1.807) is 0 Å². The van der Waals surface area contributed by atoms with Crippen LogP contribution in [0.1, 0.15) is 46.5 Å². The van der Waals surface area contributed by atoms with Gasteiger partial charge in [0.1, 0.15) is 10.4 Å². The van der Waals surface area contributed by atoms with Crippen molar-refractivity contribution in [3.05, 3.63) is 46.5 Å². The van der Waals surface area contributed by atoms with E-state index in [-0.39, 0.29) is 58.3 Å². The summed E-state index contributed by atoms with van der Waals surface area (Å²) in [5.41, 5.74) is 1.18. The van der Waals surface area contributed by atoms with Crippen molar-refractivity contribution in [1.82, 2.24) is 14.9 Å². The molecular weight excluding hydrogens is 619 g/mol.